The maximum Gasteiger partial charge on any atom is 0.416 e. The van der Waals surface area contributed by atoms with E-state index in [0.29, 0.717) is 24.1 Å². The van der Waals surface area contributed by atoms with Crippen LogP contribution < -0.4 is 5.32 Å². The van der Waals surface area contributed by atoms with Crippen molar-refractivity contribution < 1.29 is 27.2 Å². The van der Waals surface area contributed by atoms with Crippen molar-refractivity contribution in [2.24, 2.45) is 4.99 Å². The van der Waals surface area contributed by atoms with E-state index in [2.05, 4.69) is 10.3 Å². The van der Waals surface area contributed by atoms with Gasteiger partial charge in [-0.1, -0.05) is 18.6 Å². The van der Waals surface area contributed by atoms with Gasteiger partial charge in [-0.25, -0.2) is 4.39 Å². The van der Waals surface area contributed by atoms with Crippen molar-refractivity contribution >= 4 is 23.2 Å². The van der Waals surface area contributed by atoms with Crippen LogP contribution in [0.15, 0.2) is 47.5 Å². The second-order valence-electron chi connectivity index (χ2n) is 8.48. The molecule has 2 aromatic carbocycles. The lowest BCUT2D eigenvalue weighted by Crippen LogP contribution is -2.51. The summed E-state index contributed by atoms with van der Waals surface area (Å²) >= 11 is 0. The van der Waals surface area contributed by atoms with Crippen LogP contribution in [-0.4, -0.2) is 34.6 Å². The fourth-order valence-corrected chi connectivity index (χ4v) is 4.42. The summed E-state index contributed by atoms with van der Waals surface area (Å²) < 4.78 is 52.3. The molecule has 0 aromatic heterocycles. The first-order valence-electron chi connectivity index (χ1n) is 10.7. The Kier molecular flexibility index (Phi) is 5.99. The number of carbonyl (C=O) groups excluding carboxylic acids is 2. The molecule has 2 amide bonds. The maximum atomic E-state index is 13.5. The molecule has 2 aromatic rings. The number of halogens is 4. The number of hydrogen-bond donors (Lipinski definition) is 1. The highest BCUT2D eigenvalue weighted by Gasteiger charge is 2.48. The molecule has 33 heavy (non-hydrogen) atoms. The lowest BCUT2D eigenvalue weighted by molar-refractivity contribution is -0.137. The Balaban J connectivity index is 1.58. The van der Waals surface area contributed by atoms with Crippen LogP contribution in [0.5, 0.6) is 0 Å². The van der Waals surface area contributed by atoms with Crippen LogP contribution in [0.4, 0.5) is 23.2 Å². The molecule has 174 valence electrons. The summed E-state index contributed by atoms with van der Waals surface area (Å²) in [5.74, 6) is -1.33. The summed E-state index contributed by atoms with van der Waals surface area (Å²) in [5.41, 5.74) is -0.556. The first-order valence-corrected chi connectivity index (χ1v) is 10.7. The largest absolute Gasteiger partial charge is 0.416 e. The first kappa shape index (κ1) is 22.9. The molecule has 1 saturated carbocycles. The van der Waals surface area contributed by atoms with Crippen LogP contribution in [0.25, 0.3) is 0 Å². The second-order valence-corrected chi connectivity index (χ2v) is 8.48. The molecule has 0 unspecified atom stereocenters. The van der Waals surface area contributed by atoms with Crippen molar-refractivity contribution in [3.05, 3.63) is 65.0 Å². The molecule has 9 heteroatoms. The fraction of sp³-hybridized carbons (Fsp3) is 0.375. The molecule has 0 radical (unpaired) electrons. The predicted molar refractivity (Wildman–Crippen MR) is 115 cm³/mol. The van der Waals surface area contributed by atoms with Gasteiger partial charge in [0.1, 0.15) is 23.7 Å². The van der Waals surface area contributed by atoms with Gasteiger partial charge >= 0.3 is 6.18 Å². The minimum atomic E-state index is -4.48. The zero-order valence-electron chi connectivity index (χ0n) is 18.0. The molecule has 4 rings (SSSR count). The highest BCUT2D eigenvalue weighted by atomic mass is 19.4. The molecular weight excluding hydrogens is 438 g/mol. The molecule has 0 saturated heterocycles. The fourth-order valence-electron chi connectivity index (χ4n) is 4.42. The molecule has 1 spiro atoms. The van der Waals surface area contributed by atoms with Crippen LogP contribution in [0.1, 0.15) is 48.8 Å². The quantitative estimate of drug-likeness (QED) is 0.646. The second kappa shape index (κ2) is 8.61. The van der Waals surface area contributed by atoms with Crippen molar-refractivity contribution in [2.45, 2.75) is 50.9 Å². The molecule has 0 atom stereocenters. The van der Waals surface area contributed by atoms with E-state index in [1.165, 1.54) is 35.2 Å². The van der Waals surface area contributed by atoms with Crippen molar-refractivity contribution in [1.82, 2.24) is 4.90 Å². The van der Waals surface area contributed by atoms with Gasteiger partial charge in [-0.05, 0) is 68.5 Å². The molecule has 0 bridgehead atoms. The Bertz CT molecular complexity index is 1100. The van der Waals surface area contributed by atoms with Gasteiger partial charge in [-0.2, -0.15) is 13.2 Å². The number of hydrogen-bond acceptors (Lipinski definition) is 3. The van der Waals surface area contributed by atoms with Crippen LogP contribution >= 0.6 is 0 Å². The summed E-state index contributed by atoms with van der Waals surface area (Å²) in [6, 6.07) is 8.50. The summed E-state index contributed by atoms with van der Waals surface area (Å²) in [6.07, 6.45) is -0.695. The third kappa shape index (κ3) is 4.62. The topological polar surface area (TPSA) is 61.8 Å². The molecular formula is C24H23F4N3O2. The standard InChI is InChI=1S/C24H23F4N3O2/c1-15-13-18(9-10-19(15)25)29-20(32)14-31-22(33)21(30-23(31)11-3-2-4-12-23)16-5-7-17(8-6-16)24(26,27)28/h5-10,13H,2-4,11-12,14H2,1H3,(H,29,32). The van der Waals surface area contributed by atoms with Gasteiger partial charge in [0, 0.05) is 11.3 Å². The smallest absolute Gasteiger partial charge is 0.325 e. The summed E-state index contributed by atoms with van der Waals surface area (Å²) in [6.45, 7) is 1.32. The Morgan fingerprint density at radius 3 is 2.36 bits per heavy atom. The number of anilines is 1. The van der Waals surface area contributed by atoms with Crippen LogP contribution in [-0.2, 0) is 15.8 Å². The summed E-state index contributed by atoms with van der Waals surface area (Å²) in [5, 5.41) is 2.68. The van der Waals surface area contributed by atoms with Gasteiger partial charge in [0.05, 0.1) is 5.56 Å². The van der Waals surface area contributed by atoms with E-state index in [0.717, 1.165) is 31.4 Å². The lowest BCUT2D eigenvalue weighted by atomic mass is 9.88. The van der Waals surface area contributed by atoms with E-state index in [1.807, 2.05) is 0 Å². The highest BCUT2D eigenvalue weighted by Crippen LogP contribution is 2.40. The number of rotatable bonds is 4. The number of alkyl halides is 3. The SMILES string of the molecule is Cc1cc(NC(=O)CN2C(=O)C(c3ccc(C(F)(F)F)cc3)=NC23CCCCC3)ccc1F. The number of carbonyl (C=O) groups is 2. The number of nitrogens with zero attached hydrogens (tertiary/aromatic N) is 2. The Hall–Kier alpha value is -3.23. The van der Waals surface area contributed by atoms with Crippen LogP contribution in [0.3, 0.4) is 0 Å². The van der Waals surface area contributed by atoms with Crippen molar-refractivity contribution in [3.8, 4) is 0 Å². The van der Waals surface area contributed by atoms with E-state index in [1.54, 1.807) is 6.92 Å². The van der Waals surface area contributed by atoms with E-state index in [-0.39, 0.29) is 17.8 Å². The minimum Gasteiger partial charge on any atom is -0.325 e. The Labute approximate surface area is 188 Å². The van der Waals surface area contributed by atoms with E-state index in [4.69, 9.17) is 0 Å². The number of aryl methyl sites for hydroxylation is 1. The molecule has 1 N–H and O–H groups in total. The molecule has 5 nitrogen and oxygen atoms in total. The third-order valence-electron chi connectivity index (χ3n) is 6.15. The van der Waals surface area contributed by atoms with E-state index in [9.17, 15) is 27.2 Å². The molecule has 1 aliphatic heterocycles. The number of nitrogens with one attached hydrogen (secondary N) is 1. The molecule has 1 heterocycles. The van der Waals surface area contributed by atoms with Gasteiger partial charge < -0.3 is 10.2 Å². The van der Waals surface area contributed by atoms with E-state index < -0.39 is 35.0 Å². The molecule has 1 fully saturated rings. The van der Waals surface area contributed by atoms with Crippen LogP contribution in [0, 0.1) is 12.7 Å². The van der Waals surface area contributed by atoms with Gasteiger partial charge in [-0.15, -0.1) is 0 Å². The van der Waals surface area contributed by atoms with Gasteiger partial charge in [-0.3, -0.25) is 14.6 Å². The maximum absolute atomic E-state index is 13.5. The highest BCUT2D eigenvalue weighted by molar-refractivity contribution is 6.47. The predicted octanol–water partition coefficient (Wildman–Crippen LogP) is 5.08. The molecule has 1 aliphatic carbocycles. The van der Waals surface area contributed by atoms with Crippen molar-refractivity contribution in [3.63, 3.8) is 0 Å². The Morgan fingerprint density at radius 1 is 1.09 bits per heavy atom. The Morgan fingerprint density at radius 2 is 1.76 bits per heavy atom. The lowest BCUT2D eigenvalue weighted by Gasteiger charge is -2.38. The van der Waals surface area contributed by atoms with Gasteiger partial charge in [0.15, 0.2) is 0 Å². The van der Waals surface area contributed by atoms with E-state index >= 15 is 0 Å². The number of amides is 2. The van der Waals surface area contributed by atoms with Crippen LogP contribution in [0.2, 0.25) is 0 Å². The zero-order chi connectivity index (χ0) is 23.8. The number of benzene rings is 2. The molecule has 2 aliphatic rings. The normalized spacial score (nSPS) is 17.9. The van der Waals surface area contributed by atoms with Gasteiger partial charge in [0.2, 0.25) is 5.91 Å². The summed E-state index contributed by atoms with van der Waals surface area (Å²) in [7, 11) is 0. The minimum absolute atomic E-state index is 0.0658. The number of aliphatic imine (C=N–C) groups is 1. The summed E-state index contributed by atoms with van der Waals surface area (Å²) in [4.78, 5) is 32.1. The third-order valence-corrected chi connectivity index (χ3v) is 6.15. The monoisotopic (exact) mass is 461 g/mol. The van der Waals surface area contributed by atoms with Crippen molar-refractivity contribution in [2.75, 3.05) is 11.9 Å². The van der Waals surface area contributed by atoms with Crippen molar-refractivity contribution in [1.29, 1.82) is 0 Å². The zero-order valence-corrected chi connectivity index (χ0v) is 18.0. The average Bonchev–Trinajstić information content (AvgIpc) is 3.02. The average molecular weight is 461 g/mol. The first-order chi connectivity index (χ1) is 15.6. The van der Waals surface area contributed by atoms with Gasteiger partial charge in [0.25, 0.3) is 5.91 Å².